The fourth-order valence-electron chi connectivity index (χ4n) is 1.40. The first-order valence-electron chi connectivity index (χ1n) is 4.68. The van der Waals surface area contributed by atoms with Crippen LogP contribution < -0.4 is 0 Å². The Balaban J connectivity index is 2.92. The molecule has 0 radical (unpaired) electrons. The molecule has 0 aliphatic rings. The number of thiophene rings is 1. The first-order valence-corrected chi connectivity index (χ1v) is 5.56. The highest BCUT2D eigenvalue weighted by atomic mass is 32.1. The summed E-state index contributed by atoms with van der Waals surface area (Å²) in [7, 11) is 1.33. The van der Waals surface area contributed by atoms with Crippen molar-refractivity contribution < 1.29 is 9.53 Å². The minimum atomic E-state index is -1.04. The van der Waals surface area contributed by atoms with Gasteiger partial charge in [0.1, 0.15) is 0 Å². The topological polar surface area (TPSA) is 30.7 Å². The van der Waals surface area contributed by atoms with Gasteiger partial charge >= 0.3 is 11.5 Å². The Hall–Kier alpha value is -1.34. The number of carbonyl (C=O) groups is 1. The molecule has 0 aliphatic carbocycles. The molecular weight excluding hydrogens is 210 g/mol. The van der Waals surface area contributed by atoms with E-state index < -0.39 is 11.5 Å². The van der Waals surface area contributed by atoms with E-state index in [1.807, 2.05) is 24.4 Å². The zero-order valence-corrected chi connectivity index (χ0v) is 9.63. The Morgan fingerprint density at radius 1 is 1.73 bits per heavy atom. The Labute approximate surface area is 93.5 Å². The lowest BCUT2D eigenvalue weighted by Gasteiger charge is -2.16. The van der Waals surface area contributed by atoms with E-state index in [2.05, 4.69) is 4.85 Å². The van der Waals surface area contributed by atoms with E-state index in [1.54, 1.807) is 11.3 Å². The highest BCUT2D eigenvalue weighted by Gasteiger charge is 2.45. The number of hydrogen-bond donors (Lipinski definition) is 0. The Morgan fingerprint density at radius 3 is 2.87 bits per heavy atom. The fourth-order valence-corrected chi connectivity index (χ4v) is 2.21. The quantitative estimate of drug-likeness (QED) is 0.580. The third-order valence-corrected chi connectivity index (χ3v) is 3.29. The summed E-state index contributed by atoms with van der Waals surface area (Å²) in [5.74, 6) is -0.437. The second kappa shape index (κ2) is 4.94. The molecule has 4 heteroatoms. The second-order valence-electron chi connectivity index (χ2n) is 3.24. The van der Waals surface area contributed by atoms with E-state index in [1.165, 1.54) is 7.11 Å². The highest BCUT2D eigenvalue weighted by molar-refractivity contribution is 7.09. The molecule has 3 nitrogen and oxygen atoms in total. The third-order valence-electron chi connectivity index (χ3n) is 2.41. The van der Waals surface area contributed by atoms with Gasteiger partial charge < -0.3 is 4.74 Å². The summed E-state index contributed by atoms with van der Waals surface area (Å²) < 4.78 is 4.70. The van der Waals surface area contributed by atoms with Crippen LogP contribution in [0.5, 0.6) is 0 Å². The van der Waals surface area contributed by atoms with E-state index in [0.717, 1.165) is 4.88 Å². The summed E-state index contributed by atoms with van der Waals surface area (Å²) in [5, 5.41) is 1.94. The molecule has 80 valence electrons. The first-order chi connectivity index (χ1) is 7.18. The third kappa shape index (κ3) is 2.37. The summed E-state index contributed by atoms with van der Waals surface area (Å²) >= 11 is 1.56. The van der Waals surface area contributed by atoms with Gasteiger partial charge in [0.2, 0.25) is 0 Å². The average Bonchev–Trinajstić information content (AvgIpc) is 2.77. The van der Waals surface area contributed by atoms with Crippen LogP contribution >= 0.6 is 11.3 Å². The van der Waals surface area contributed by atoms with Crippen molar-refractivity contribution >= 4 is 17.3 Å². The molecule has 1 aromatic heterocycles. The van der Waals surface area contributed by atoms with Gasteiger partial charge in [-0.05, 0) is 11.4 Å². The SMILES string of the molecule is [C-]#[N+]C(CC)(Cc1cccs1)C(=O)OC. The van der Waals surface area contributed by atoms with Crippen molar-refractivity contribution in [2.75, 3.05) is 7.11 Å². The molecule has 0 spiro atoms. The summed E-state index contributed by atoms with van der Waals surface area (Å²) in [4.78, 5) is 16.1. The Morgan fingerprint density at radius 2 is 2.47 bits per heavy atom. The van der Waals surface area contributed by atoms with Crippen LogP contribution in [0.1, 0.15) is 18.2 Å². The molecule has 0 N–H and O–H groups in total. The molecule has 0 bridgehead atoms. The highest BCUT2D eigenvalue weighted by Crippen LogP contribution is 2.26. The van der Waals surface area contributed by atoms with Crippen LogP contribution in [-0.2, 0) is 16.0 Å². The van der Waals surface area contributed by atoms with Crippen molar-refractivity contribution in [1.29, 1.82) is 0 Å². The van der Waals surface area contributed by atoms with E-state index in [-0.39, 0.29) is 0 Å². The standard InChI is InChI=1S/C11H13NO2S/c1-4-11(12-2,10(13)14-3)8-9-6-5-7-15-9/h5-7H,4,8H2,1,3H3. The van der Waals surface area contributed by atoms with Gasteiger partial charge in [0, 0.05) is 11.3 Å². The molecule has 0 aromatic carbocycles. The molecule has 1 atom stereocenters. The van der Waals surface area contributed by atoms with Crippen molar-refractivity contribution in [2.45, 2.75) is 25.3 Å². The van der Waals surface area contributed by atoms with Gasteiger partial charge in [0.15, 0.2) is 0 Å². The number of esters is 1. The van der Waals surface area contributed by atoms with Crippen LogP contribution in [0.25, 0.3) is 4.85 Å². The van der Waals surface area contributed by atoms with Crippen LogP contribution in [0.4, 0.5) is 0 Å². The van der Waals surface area contributed by atoms with Crippen molar-refractivity contribution in [2.24, 2.45) is 0 Å². The molecule has 1 heterocycles. The van der Waals surface area contributed by atoms with Crippen molar-refractivity contribution in [3.8, 4) is 0 Å². The number of nitrogens with zero attached hydrogens (tertiary/aromatic N) is 1. The van der Waals surface area contributed by atoms with Crippen molar-refractivity contribution in [3.63, 3.8) is 0 Å². The molecule has 0 aliphatic heterocycles. The normalized spacial score (nSPS) is 13.9. The van der Waals surface area contributed by atoms with Crippen LogP contribution in [-0.4, -0.2) is 18.6 Å². The lowest BCUT2D eigenvalue weighted by atomic mass is 9.92. The number of carbonyl (C=O) groups excluding carboxylic acids is 1. The summed E-state index contributed by atoms with van der Waals surface area (Å²) in [6.45, 7) is 9.01. The van der Waals surface area contributed by atoms with Crippen LogP contribution in [0.15, 0.2) is 17.5 Å². The predicted molar refractivity (Wildman–Crippen MR) is 59.7 cm³/mol. The maximum atomic E-state index is 11.6. The Bertz CT molecular complexity index is 366. The zero-order chi connectivity index (χ0) is 11.3. The van der Waals surface area contributed by atoms with Gasteiger partial charge in [-0.3, -0.25) is 4.85 Å². The van der Waals surface area contributed by atoms with Crippen molar-refractivity contribution in [3.05, 3.63) is 33.8 Å². The molecular formula is C11H13NO2S. The second-order valence-corrected chi connectivity index (χ2v) is 4.28. The van der Waals surface area contributed by atoms with Crippen molar-refractivity contribution in [1.82, 2.24) is 0 Å². The predicted octanol–water partition coefficient (Wildman–Crippen LogP) is 2.53. The molecule has 0 fully saturated rings. The van der Waals surface area contributed by atoms with E-state index in [0.29, 0.717) is 12.8 Å². The van der Waals surface area contributed by atoms with E-state index in [9.17, 15) is 4.79 Å². The lowest BCUT2D eigenvalue weighted by molar-refractivity contribution is -0.145. The zero-order valence-electron chi connectivity index (χ0n) is 8.82. The van der Waals surface area contributed by atoms with Crippen LogP contribution in [0.2, 0.25) is 0 Å². The largest absolute Gasteiger partial charge is 0.463 e. The number of hydrogen-bond acceptors (Lipinski definition) is 3. The maximum absolute atomic E-state index is 11.6. The monoisotopic (exact) mass is 223 g/mol. The number of methoxy groups -OCH3 is 1. The van der Waals surface area contributed by atoms with Gasteiger partial charge in [-0.1, -0.05) is 13.0 Å². The van der Waals surface area contributed by atoms with Gasteiger partial charge in [0.25, 0.3) is 0 Å². The summed E-state index contributed by atoms with van der Waals surface area (Å²) in [6, 6.07) is 3.85. The fraction of sp³-hybridized carbons (Fsp3) is 0.455. The minimum Gasteiger partial charge on any atom is -0.463 e. The lowest BCUT2D eigenvalue weighted by Crippen LogP contribution is -2.37. The average molecular weight is 223 g/mol. The van der Waals surface area contributed by atoms with Gasteiger partial charge in [-0.15, -0.1) is 11.3 Å². The maximum Gasteiger partial charge on any atom is 0.393 e. The van der Waals surface area contributed by atoms with Crippen LogP contribution in [0, 0.1) is 6.57 Å². The number of ether oxygens (including phenoxy) is 1. The molecule has 1 aromatic rings. The smallest absolute Gasteiger partial charge is 0.393 e. The number of rotatable bonds is 4. The molecule has 1 unspecified atom stereocenters. The van der Waals surface area contributed by atoms with Gasteiger partial charge in [-0.2, -0.15) is 0 Å². The van der Waals surface area contributed by atoms with Crippen LogP contribution in [0.3, 0.4) is 0 Å². The minimum absolute atomic E-state index is 0.437. The van der Waals surface area contributed by atoms with E-state index in [4.69, 9.17) is 11.3 Å². The molecule has 0 saturated carbocycles. The van der Waals surface area contributed by atoms with Gasteiger partial charge in [0.05, 0.1) is 13.5 Å². The van der Waals surface area contributed by atoms with E-state index >= 15 is 0 Å². The molecule has 1 rings (SSSR count). The summed E-state index contributed by atoms with van der Waals surface area (Å²) in [6.07, 6.45) is 0.915. The first kappa shape index (κ1) is 11.7. The molecule has 0 saturated heterocycles. The van der Waals surface area contributed by atoms with Gasteiger partial charge in [-0.25, -0.2) is 11.4 Å². The summed E-state index contributed by atoms with van der Waals surface area (Å²) in [5.41, 5.74) is -1.04. The molecule has 0 amide bonds. The Kier molecular flexibility index (Phi) is 3.87. The molecule has 15 heavy (non-hydrogen) atoms.